The van der Waals surface area contributed by atoms with Crippen molar-refractivity contribution in [3.05, 3.63) is 54.1 Å². The number of nitrogens with two attached hydrogens (primary N) is 1. The molecule has 9 heteroatoms. The minimum absolute atomic E-state index is 0.130. The molecule has 0 saturated carbocycles. The van der Waals surface area contributed by atoms with Crippen LogP contribution in [0, 0.1) is 11.7 Å². The van der Waals surface area contributed by atoms with Gasteiger partial charge < -0.3 is 20.7 Å². The molecule has 2 heterocycles. The Kier molecular flexibility index (Phi) is 7.09. The highest BCUT2D eigenvalue weighted by Crippen LogP contribution is 2.34. The molecule has 0 radical (unpaired) electrons. The first kappa shape index (κ1) is 22.9. The Morgan fingerprint density at radius 1 is 1.16 bits per heavy atom. The molecule has 0 aliphatic rings. The van der Waals surface area contributed by atoms with Gasteiger partial charge in [0.05, 0.1) is 23.2 Å². The zero-order valence-electron chi connectivity index (χ0n) is 16.9. The molecule has 3 rings (SSSR count). The van der Waals surface area contributed by atoms with Crippen LogP contribution in [0.2, 0.25) is 0 Å². The van der Waals surface area contributed by atoms with Gasteiger partial charge in [0, 0.05) is 30.0 Å². The Balaban J connectivity index is 1.93. The van der Waals surface area contributed by atoms with Crippen molar-refractivity contribution in [2.75, 3.05) is 19.8 Å². The zero-order chi connectivity index (χ0) is 22.6. The van der Waals surface area contributed by atoms with Gasteiger partial charge in [-0.2, -0.15) is 0 Å². The van der Waals surface area contributed by atoms with Gasteiger partial charge in [0.1, 0.15) is 12.4 Å². The molecule has 6 nitrogen and oxygen atoms in total. The summed E-state index contributed by atoms with van der Waals surface area (Å²) in [6, 6.07) is 6.91. The van der Waals surface area contributed by atoms with Crippen LogP contribution in [0.1, 0.15) is 25.3 Å². The van der Waals surface area contributed by atoms with E-state index in [1.165, 1.54) is 36.7 Å². The third-order valence-electron chi connectivity index (χ3n) is 5.01. The fourth-order valence-electron chi connectivity index (χ4n) is 3.40. The molecule has 0 amide bonds. The van der Waals surface area contributed by atoms with Gasteiger partial charge in [-0.1, -0.05) is 6.92 Å². The Morgan fingerprint density at radius 2 is 1.94 bits per heavy atom. The van der Waals surface area contributed by atoms with Crippen molar-refractivity contribution in [1.29, 1.82) is 0 Å². The van der Waals surface area contributed by atoms with E-state index in [2.05, 4.69) is 9.97 Å². The molecular formula is C22H24F3N3O3. The van der Waals surface area contributed by atoms with E-state index in [-0.39, 0.29) is 31.4 Å². The number of hydrogen-bond acceptors (Lipinski definition) is 6. The molecule has 0 fully saturated rings. The van der Waals surface area contributed by atoms with Crippen LogP contribution in [0.15, 0.2) is 42.7 Å². The number of aliphatic hydroxyl groups excluding tert-OH is 2. The Labute approximate surface area is 177 Å². The number of fused-ring (bicyclic) bond motifs is 1. The van der Waals surface area contributed by atoms with E-state index in [0.29, 0.717) is 22.0 Å². The molecule has 2 aromatic heterocycles. The lowest BCUT2D eigenvalue weighted by atomic mass is 9.91. The number of rotatable bonds is 9. The van der Waals surface area contributed by atoms with E-state index in [1.807, 2.05) is 0 Å². The smallest absolute Gasteiger partial charge is 0.269 e. The Morgan fingerprint density at radius 3 is 2.61 bits per heavy atom. The molecule has 0 spiro atoms. The molecule has 31 heavy (non-hydrogen) atoms. The second kappa shape index (κ2) is 9.59. The number of alkyl halides is 2. The van der Waals surface area contributed by atoms with Gasteiger partial charge in [0.2, 0.25) is 5.88 Å². The van der Waals surface area contributed by atoms with Crippen molar-refractivity contribution in [2.24, 2.45) is 11.7 Å². The summed E-state index contributed by atoms with van der Waals surface area (Å²) in [7, 11) is 0. The largest absolute Gasteiger partial charge is 0.475 e. The lowest BCUT2D eigenvalue weighted by molar-refractivity contribution is 0.0928. The average Bonchev–Trinajstić information content (AvgIpc) is 2.77. The van der Waals surface area contributed by atoms with Crippen LogP contribution in [0.4, 0.5) is 13.2 Å². The quantitative estimate of drug-likeness (QED) is 0.476. The first-order chi connectivity index (χ1) is 14.8. The summed E-state index contributed by atoms with van der Waals surface area (Å²) in [6.45, 7) is 0.906. The maximum atomic E-state index is 13.8. The first-order valence-corrected chi connectivity index (χ1v) is 9.72. The van der Waals surface area contributed by atoms with Crippen molar-refractivity contribution >= 4 is 10.9 Å². The normalized spacial score (nSPS) is 14.6. The van der Waals surface area contributed by atoms with Crippen LogP contribution in [-0.2, 0) is 0 Å². The lowest BCUT2D eigenvalue weighted by Crippen LogP contribution is -2.50. The highest BCUT2D eigenvalue weighted by Gasteiger charge is 2.29. The van der Waals surface area contributed by atoms with Gasteiger partial charge in [0.25, 0.3) is 6.43 Å². The molecular weight excluding hydrogens is 411 g/mol. The summed E-state index contributed by atoms with van der Waals surface area (Å²) in [5.74, 6) is -0.974. The van der Waals surface area contributed by atoms with Crippen LogP contribution in [-0.4, -0.2) is 45.5 Å². The number of benzene rings is 1. The second-order valence-electron chi connectivity index (χ2n) is 7.74. The van der Waals surface area contributed by atoms with Gasteiger partial charge in [0.15, 0.2) is 0 Å². The van der Waals surface area contributed by atoms with Crippen molar-refractivity contribution in [1.82, 2.24) is 9.97 Å². The van der Waals surface area contributed by atoms with E-state index < -0.39 is 30.0 Å². The summed E-state index contributed by atoms with van der Waals surface area (Å²) in [6.07, 6.45) is 0.212. The molecule has 4 N–H and O–H groups in total. The van der Waals surface area contributed by atoms with Crippen molar-refractivity contribution in [3.8, 4) is 17.0 Å². The lowest BCUT2D eigenvalue weighted by Gasteiger charge is -2.29. The average molecular weight is 435 g/mol. The topological polar surface area (TPSA) is 101 Å². The third-order valence-corrected chi connectivity index (χ3v) is 5.01. The SMILES string of the molecule is CC(CO)C[C@](N)(CO)COc1ncc(-c2ccnc3ccc(F)cc23)cc1C(F)F. The number of pyridine rings is 2. The van der Waals surface area contributed by atoms with Gasteiger partial charge in [-0.05, 0) is 48.2 Å². The maximum Gasteiger partial charge on any atom is 0.269 e. The van der Waals surface area contributed by atoms with Crippen LogP contribution < -0.4 is 10.5 Å². The summed E-state index contributed by atoms with van der Waals surface area (Å²) < 4.78 is 46.7. The van der Waals surface area contributed by atoms with Gasteiger partial charge >= 0.3 is 0 Å². The van der Waals surface area contributed by atoms with Crippen LogP contribution >= 0.6 is 0 Å². The number of aromatic nitrogens is 2. The molecule has 1 aromatic carbocycles. The van der Waals surface area contributed by atoms with Gasteiger partial charge in [-0.3, -0.25) is 4.98 Å². The highest BCUT2D eigenvalue weighted by atomic mass is 19.3. The Bertz CT molecular complexity index is 1050. The molecule has 3 aromatic rings. The van der Waals surface area contributed by atoms with E-state index in [4.69, 9.17) is 10.5 Å². The molecule has 0 aliphatic carbocycles. The van der Waals surface area contributed by atoms with Crippen LogP contribution in [0.25, 0.3) is 22.0 Å². The van der Waals surface area contributed by atoms with Crippen molar-refractivity contribution in [2.45, 2.75) is 25.3 Å². The minimum atomic E-state index is -2.88. The standard InChI is InChI=1S/C22H24F3N3O3/c1-13(10-29)8-22(26,11-30)12-31-21-18(20(24)25)6-14(9-28-21)16-4-5-27-19-3-2-15(23)7-17(16)19/h2-7,9,13,20,29-30H,8,10-12,26H2,1H3/t13?,22-/m0/s1. The number of nitrogens with zero attached hydrogens (tertiary/aromatic N) is 2. The highest BCUT2D eigenvalue weighted by molar-refractivity contribution is 5.94. The van der Waals surface area contributed by atoms with Gasteiger partial charge in [-0.15, -0.1) is 0 Å². The van der Waals surface area contributed by atoms with E-state index in [0.717, 1.165) is 0 Å². The van der Waals surface area contributed by atoms with Crippen molar-refractivity contribution in [3.63, 3.8) is 0 Å². The molecule has 2 atom stereocenters. The van der Waals surface area contributed by atoms with Gasteiger partial charge in [-0.25, -0.2) is 18.2 Å². The predicted octanol–water partition coefficient (Wildman–Crippen LogP) is 3.46. The fourth-order valence-corrected chi connectivity index (χ4v) is 3.40. The van der Waals surface area contributed by atoms with E-state index in [9.17, 15) is 23.4 Å². The second-order valence-corrected chi connectivity index (χ2v) is 7.74. The number of ether oxygens (including phenoxy) is 1. The number of hydrogen-bond donors (Lipinski definition) is 3. The monoisotopic (exact) mass is 435 g/mol. The van der Waals surface area contributed by atoms with Crippen LogP contribution in [0.5, 0.6) is 5.88 Å². The van der Waals surface area contributed by atoms with Crippen molar-refractivity contribution < 1.29 is 28.1 Å². The summed E-state index contributed by atoms with van der Waals surface area (Å²) in [5, 5.41) is 19.3. The van der Waals surface area contributed by atoms with E-state index in [1.54, 1.807) is 13.0 Å². The third kappa shape index (κ3) is 5.30. The summed E-state index contributed by atoms with van der Waals surface area (Å²) >= 11 is 0. The number of halogens is 3. The molecule has 0 saturated heterocycles. The summed E-state index contributed by atoms with van der Waals surface area (Å²) in [4.78, 5) is 8.20. The predicted molar refractivity (Wildman–Crippen MR) is 110 cm³/mol. The fraction of sp³-hybridized carbons (Fsp3) is 0.364. The van der Waals surface area contributed by atoms with Crippen LogP contribution in [0.3, 0.4) is 0 Å². The molecule has 0 aliphatic heterocycles. The van der Waals surface area contributed by atoms with E-state index >= 15 is 0 Å². The number of aliphatic hydroxyl groups is 2. The summed E-state index contributed by atoms with van der Waals surface area (Å²) in [5.41, 5.74) is 5.81. The molecule has 0 bridgehead atoms. The zero-order valence-corrected chi connectivity index (χ0v) is 16.9. The minimum Gasteiger partial charge on any atom is -0.475 e. The first-order valence-electron chi connectivity index (χ1n) is 9.72. The Hall–Kier alpha value is -2.75. The molecule has 166 valence electrons. The molecule has 1 unspecified atom stereocenters. The maximum absolute atomic E-state index is 13.8.